The first kappa shape index (κ1) is 27.0. The molecule has 1 saturated carbocycles. The molecule has 0 bridgehead atoms. The van der Waals surface area contributed by atoms with Gasteiger partial charge in [0.15, 0.2) is 5.78 Å². The molecule has 1 fully saturated rings. The Morgan fingerprint density at radius 1 is 0.833 bits per heavy atom. The Labute approximate surface area is 175 Å². The van der Waals surface area contributed by atoms with Gasteiger partial charge in [-0.2, -0.15) is 0 Å². The van der Waals surface area contributed by atoms with Crippen molar-refractivity contribution in [3.63, 3.8) is 0 Å². The van der Waals surface area contributed by atoms with Crippen molar-refractivity contribution < 1.29 is 38.9 Å². The van der Waals surface area contributed by atoms with E-state index in [9.17, 15) is 19.2 Å². The lowest BCUT2D eigenvalue weighted by Crippen LogP contribution is -2.39. The first-order chi connectivity index (χ1) is 13.6. The molecule has 0 spiro atoms. The van der Waals surface area contributed by atoms with Gasteiger partial charge in [0.1, 0.15) is 0 Å². The molecule has 1 aromatic carbocycles. The smallest absolute Gasteiger partial charge is 0.337 e. The minimum atomic E-state index is -0.500. The third-order valence-electron chi connectivity index (χ3n) is 4.60. The van der Waals surface area contributed by atoms with Crippen molar-refractivity contribution in [2.75, 3.05) is 27.1 Å². The van der Waals surface area contributed by atoms with Crippen LogP contribution in [-0.2, 0) is 23.8 Å². The predicted molar refractivity (Wildman–Crippen MR) is 109 cm³/mol. The number of esters is 3. The lowest BCUT2D eigenvalue weighted by atomic mass is 9.79. The molecule has 1 aliphatic rings. The first-order valence-corrected chi connectivity index (χ1v) is 9.03. The van der Waals surface area contributed by atoms with Crippen LogP contribution in [0.25, 0.3) is 0 Å². The Morgan fingerprint density at radius 2 is 1.30 bits per heavy atom. The maximum absolute atomic E-state index is 11.3. The molecule has 2 rings (SSSR count). The summed E-state index contributed by atoms with van der Waals surface area (Å²) in [4.78, 5) is 44.9. The van der Waals surface area contributed by atoms with Crippen LogP contribution in [0.3, 0.4) is 0 Å². The number of nitrogens with two attached hydrogens (primary N) is 2. The van der Waals surface area contributed by atoms with Crippen molar-refractivity contribution in [2.24, 2.45) is 17.6 Å². The Hall–Kier alpha value is -2.98. The molecule has 1 aliphatic carbocycles. The number of nitrogen functional groups attached to an aromatic ring is 1. The van der Waals surface area contributed by atoms with Crippen molar-refractivity contribution >= 4 is 29.4 Å². The number of hydrogen-bond donors (Lipinski definition) is 2. The van der Waals surface area contributed by atoms with Crippen molar-refractivity contribution in [2.45, 2.75) is 32.2 Å². The highest BCUT2D eigenvalue weighted by molar-refractivity contribution is 5.99. The summed E-state index contributed by atoms with van der Waals surface area (Å²) in [6, 6.07) is 4.32. The van der Waals surface area contributed by atoms with Gasteiger partial charge in [0.2, 0.25) is 0 Å². The molecule has 168 valence electrons. The largest absolute Gasteiger partial charge is 0.469 e. The zero-order valence-corrected chi connectivity index (χ0v) is 17.6. The van der Waals surface area contributed by atoms with Gasteiger partial charge in [-0.15, -0.1) is 0 Å². The van der Waals surface area contributed by atoms with Gasteiger partial charge in [-0.25, -0.2) is 4.79 Å². The number of hydrogen-bond acceptors (Lipinski definition) is 9. The Morgan fingerprint density at radius 3 is 1.70 bits per heavy atom. The number of Topliss-reactive ketones (excluding diaryl/α,β-unsaturated/α-hetero) is 1. The molecule has 0 amide bonds. The maximum atomic E-state index is 11.3. The number of ketones is 1. The Bertz CT molecular complexity index is 741. The molecule has 1 aromatic rings. The molecule has 1 unspecified atom stereocenters. The van der Waals surface area contributed by atoms with E-state index < -0.39 is 5.97 Å². The lowest BCUT2D eigenvalue weighted by molar-refractivity contribution is -0.152. The second-order valence-corrected chi connectivity index (χ2v) is 6.80. The van der Waals surface area contributed by atoms with E-state index in [1.165, 1.54) is 46.5 Å². The van der Waals surface area contributed by atoms with E-state index in [-0.39, 0.29) is 46.6 Å². The zero-order chi connectivity index (χ0) is 22.1. The van der Waals surface area contributed by atoms with Crippen LogP contribution in [0.2, 0.25) is 0 Å². The lowest BCUT2D eigenvalue weighted by Gasteiger charge is -2.29. The standard InChI is InChI=1S/C10H17NO4.C10H11NO3.H2O/c1-14-9(12)6-3-7(10(13)15-2)5-8(11)4-6;1-6(12)7-3-8(10(13)14-2)5-9(11)4-7;/h6-8H,3-5,11H2,1-2H3;3-5H,11H2,1-2H3;1H2/t6-,7+,8?;;. The van der Waals surface area contributed by atoms with E-state index in [1.54, 1.807) is 0 Å². The summed E-state index contributed by atoms with van der Waals surface area (Å²) in [6.45, 7) is 1.41. The monoisotopic (exact) mass is 426 g/mol. The van der Waals surface area contributed by atoms with E-state index in [2.05, 4.69) is 14.2 Å². The molecular weight excluding hydrogens is 396 g/mol. The molecule has 0 heterocycles. The SMILES string of the molecule is COC(=O)[C@@H]1CC(N)C[C@H](C(=O)OC)C1.COC(=O)c1cc(N)cc(C(C)=O)c1.O. The fourth-order valence-electron chi connectivity index (χ4n) is 3.17. The van der Waals surface area contributed by atoms with Gasteiger partial charge in [0, 0.05) is 17.3 Å². The van der Waals surface area contributed by atoms with Crippen LogP contribution in [-0.4, -0.2) is 56.5 Å². The number of methoxy groups -OCH3 is 3. The Kier molecular flexibility index (Phi) is 11.3. The quantitative estimate of drug-likeness (QED) is 0.300. The normalized spacial score (nSPS) is 19.8. The number of carbonyl (C=O) groups is 4. The summed E-state index contributed by atoms with van der Waals surface area (Å²) in [5, 5.41) is 0. The molecule has 0 aromatic heterocycles. The highest BCUT2D eigenvalue weighted by Crippen LogP contribution is 2.30. The van der Waals surface area contributed by atoms with Crippen molar-refractivity contribution in [3.8, 4) is 0 Å². The minimum absolute atomic E-state index is 0. The molecule has 0 radical (unpaired) electrons. The fraction of sp³-hybridized carbons (Fsp3) is 0.500. The van der Waals surface area contributed by atoms with Gasteiger partial charge in [-0.3, -0.25) is 14.4 Å². The van der Waals surface area contributed by atoms with Crippen LogP contribution in [0.1, 0.15) is 46.9 Å². The third-order valence-corrected chi connectivity index (χ3v) is 4.60. The molecule has 6 N–H and O–H groups in total. The van der Waals surface area contributed by atoms with Crippen LogP contribution in [0.5, 0.6) is 0 Å². The van der Waals surface area contributed by atoms with E-state index >= 15 is 0 Å². The molecule has 10 nitrogen and oxygen atoms in total. The van der Waals surface area contributed by atoms with Crippen molar-refractivity contribution in [3.05, 3.63) is 29.3 Å². The number of ether oxygens (including phenoxy) is 3. The summed E-state index contributed by atoms with van der Waals surface area (Å²) < 4.78 is 13.8. The van der Waals surface area contributed by atoms with Gasteiger partial charge in [-0.1, -0.05) is 0 Å². The van der Waals surface area contributed by atoms with Crippen molar-refractivity contribution in [1.82, 2.24) is 0 Å². The van der Waals surface area contributed by atoms with Gasteiger partial charge >= 0.3 is 17.9 Å². The topological polar surface area (TPSA) is 180 Å². The second-order valence-electron chi connectivity index (χ2n) is 6.80. The first-order valence-electron chi connectivity index (χ1n) is 9.03. The molecule has 30 heavy (non-hydrogen) atoms. The average molecular weight is 426 g/mol. The third kappa shape index (κ3) is 7.80. The summed E-state index contributed by atoms with van der Waals surface area (Å²) in [5.41, 5.74) is 12.4. The molecular formula is C20H30N2O8. The van der Waals surface area contributed by atoms with Crippen LogP contribution in [0.15, 0.2) is 18.2 Å². The average Bonchev–Trinajstić information content (AvgIpc) is 2.71. The van der Waals surface area contributed by atoms with Gasteiger partial charge in [0.05, 0.1) is 38.7 Å². The summed E-state index contributed by atoms with van der Waals surface area (Å²) in [5.74, 6) is -1.77. The van der Waals surface area contributed by atoms with Crippen LogP contribution < -0.4 is 11.5 Å². The molecule has 3 atom stereocenters. The van der Waals surface area contributed by atoms with E-state index in [0.29, 0.717) is 30.5 Å². The minimum Gasteiger partial charge on any atom is -0.469 e. The highest BCUT2D eigenvalue weighted by atomic mass is 16.5. The summed E-state index contributed by atoms with van der Waals surface area (Å²) in [7, 11) is 3.96. The van der Waals surface area contributed by atoms with E-state index in [1.807, 2.05) is 0 Å². The summed E-state index contributed by atoms with van der Waals surface area (Å²) >= 11 is 0. The number of carbonyl (C=O) groups excluding carboxylic acids is 4. The maximum Gasteiger partial charge on any atom is 0.337 e. The highest BCUT2D eigenvalue weighted by Gasteiger charge is 2.35. The van der Waals surface area contributed by atoms with Crippen LogP contribution >= 0.6 is 0 Å². The van der Waals surface area contributed by atoms with E-state index in [4.69, 9.17) is 11.5 Å². The zero-order valence-electron chi connectivity index (χ0n) is 17.6. The fourth-order valence-corrected chi connectivity index (χ4v) is 3.17. The predicted octanol–water partition coefficient (Wildman–Crippen LogP) is 0.509. The van der Waals surface area contributed by atoms with Gasteiger partial charge in [-0.05, 0) is 44.4 Å². The number of benzene rings is 1. The molecule has 10 heteroatoms. The number of rotatable bonds is 4. The van der Waals surface area contributed by atoms with Crippen LogP contribution in [0, 0.1) is 11.8 Å². The molecule has 0 aliphatic heterocycles. The Balaban J connectivity index is 0.000000544. The summed E-state index contributed by atoms with van der Waals surface area (Å²) in [6.07, 6.45) is 1.65. The second kappa shape index (κ2) is 12.6. The van der Waals surface area contributed by atoms with E-state index in [0.717, 1.165) is 0 Å². The molecule has 0 saturated heterocycles. The van der Waals surface area contributed by atoms with Crippen molar-refractivity contribution in [1.29, 1.82) is 0 Å². The number of anilines is 1. The van der Waals surface area contributed by atoms with Gasteiger partial charge in [0.25, 0.3) is 0 Å². The van der Waals surface area contributed by atoms with Crippen LogP contribution in [0.4, 0.5) is 5.69 Å². The van der Waals surface area contributed by atoms with Gasteiger partial charge < -0.3 is 31.2 Å².